The summed E-state index contributed by atoms with van der Waals surface area (Å²) in [5.74, 6) is -0.237. The molecule has 0 aromatic rings. The molecule has 4 atom stereocenters. The Morgan fingerprint density at radius 2 is 1.84 bits per heavy atom. The van der Waals surface area contributed by atoms with Crippen molar-refractivity contribution in [2.24, 2.45) is 5.41 Å². The summed E-state index contributed by atoms with van der Waals surface area (Å²) in [6, 6.07) is 0.210. The number of likely N-dealkylation sites (N-methyl/N-ethyl adjacent to an activating group) is 1. The first-order chi connectivity index (χ1) is 8.12. The normalized spacial score (nSPS) is 31.8. The zero-order valence-electron chi connectivity index (χ0n) is 12.7. The Balaban J connectivity index is 0.00000324. The predicted molar refractivity (Wildman–Crippen MR) is 78.2 cm³/mol. The third-order valence-electron chi connectivity index (χ3n) is 3.45. The van der Waals surface area contributed by atoms with Crippen LogP contribution in [0.1, 0.15) is 48.5 Å². The van der Waals surface area contributed by atoms with Gasteiger partial charge in [0, 0.05) is 6.92 Å². The van der Waals surface area contributed by atoms with Crippen molar-refractivity contribution in [2.75, 3.05) is 14.1 Å². The molecule has 0 amide bonds. The van der Waals surface area contributed by atoms with Crippen molar-refractivity contribution in [3.8, 4) is 0 Å². The van der Waals surface area contributed by atoms with Gasteiger partial charge in [0.15, 0.2) is 0 Å². The Bertz CT molecular complexity index is 296. The number of esters is 1. The summed E-state index contributed by atoms with van der Waals surface area (Å²) in [7, 11) is 4.05. The molecule has 0 saturated carbocycles. The van der Waals surface area contributed by atoms with E-state index >= 15 is 0 Å². The molecule has 1 aliphatic rings. The lowest BCUT2D eigenvalue weighted by atomic mass is 9.80. The van der Waals surface area contributed by atoms with Crippen LogP contribution in [0.25, 0.3) is 0 Å². The van der Waals surface area contributed by atoms with Crippen molar-refractivity contribution in [3.05, 3.63) is 0 Å². The van der Waals surface area contributed by atoms with Crippen molar-refractivity contribution < 1.29 is 14.3 Å². The minimum atomic E-state index is -0.237. The Hall–Kier alpha value is -0.610. The summed E-state index contributed by atoms with van der Waals surface area (Å²) in [4.78, 5) is 13.5. The SMILES string of the molecule is C.CC(=O)O[C@H]1[C@H](C(C)(C)C)O[C@H](C)C[C@@H]1N(C)C. The van der Waals surface area contributed by atoms with E-state index < -0.39 is 0 Å². The molecule has 4 heteroatoms. The predicted octanol–water partition coefficient (Wildman–Crippen LogP) is 2.71. The van der Waals surface area contributed by atoms with Gasteiger partial charge in [0.05, 0.1) is 12.1 Å². The zero-order valence-corrected chi connectivity index (χ0v) is 12.7. The Kier molecular flexibility index (Phi) is 6.49. The van der Waals surface area contributed by atoms with Crippen LogP contribution in [0.4, 0.5) is 0 Å². The first kappa shape index (κ1) is 18.4. The monoisotopic (exact) mass is 273 g/mol. The highest BCUT2D eigenvalue weighted by atomic mass is 16.6. The molecule has 0 unspecified atom stereocenters. The topological polar surface area (TPSA) is 38.8 Å². The third-order valence-corrected chi connectivity index (χ3v) is 3.45. The van der Waals surface area contributed by atoms with Crippen LogP contribution in [0, 0.1) is 5.41 Å². The molecule has 1 aliphatic heterocycles. The highest BCUT2D eigenvalue weighted by Gasteiger charge is 2.45. The molecule has 0 aromatic heterocycles. The quantitative estimate of drug-likeness (QED) is 0.725. The molecule has 0 bridgehead atoms. The molecule has 114 valence electrons. The Morgan fingerprint density at radius 1 is 1.32 bits per heavy atom. The molecule has 0 aliphatic carbocycles. The van der Waals surface area contributed by atoms with Gasteiger partial charge in [0.1, 0.15) is 12.2 Å². The maximum atomic E-state index is 11.3. The Labute approximate surface area is 118 Å². The highest BCUT2D eigenvalue weighted by molar-refractivity contribution is 5.66. The van der Waals surface area contributed by atoms with Gasteiger partial charge in [0.2, 0.25) is 0 Å². The summed E-state index contributed by atoms with van der Waals surface area (Å²) in [6.07, 6.45) is 0.803. The van der Waals surface area contributed by atoms with Gasteiger partial charge < -0.3 is 14.4 Å². The maximum absolute atomic E-state index is 11.3. The first-order valence-electron chi connectivity index (χ1n) is 6.62. The lowest BCUT2D eigenvalue weighted by Gasteiger charge is -2.47. The van der Waals surface area contributed by atoms with E-state index in [0.29, 0.717) is 0 Å². The average molecular weight is 273 g/mol. The fourth-order valence-corrected chi connectivity index (χ4v) is 2.59. The number of ether oxygens (including phenoxy) is 2. The minimum Gasteiger partial charge on any atom is -0.458 e. The van der Waals surface area contributed by atoms with Crippen LogP contribution in [-0.2, 0) is 14.3 Å². The third kappa shape index (κ3) is 4.77. The van der Waals surface area contributed by atoms with Crippen LogP contribution in [-0.4, -0.2) is 49.3 Å². The van der Waals surface area contributed by atoms with E-state index in [1.807, 2.05) is 14.1 Å². The molecular weight excluding hydrogens is 242 g/mol. The number of carbonyl (C=O) groups excluding carboxylic acids is 1. The number of nitrogens with zero attached hydrogens (tertiary/aromatic N) is 1. The van der Waals surface area contributed by atoms with Crippen molar-refractivity contribution in [1.29, 1.82) is 0 Å². The van der Waals surface area contributed by atoms with Crippen LogP contribution in [0.15, 0.2) is 0 Å². The smallest absolute Gasteiger partial charge is 0.303 e. The van der Waals surface area contributed by atoms with E-state index in [9.17, 15) is 4.79 Å². The van der Waals surface area contributed by atoms with Crippen LogP contribution >= 0.6 is 0 Å². The lowest BCUT2D eigenvalue weighted by Crippen LogP contribution is -2.58. The molecule has 0 spiro atoms. The summed E-state index contributed by atoms with van der Waals surface area (Å²) < 4.78 is 11.6. The van der Waals surface area contributed by atoms with E-state index in [2.05, 4.69) is 32.6 Å². The van der Waals surface area contributed by atoms with Gasteiger partial charge >= 0.3 is 5.97 Å². The van der Waals surface area contributed by atoms with E-state index in [1.165, 1.54) is 6.92 Å². The van der Waals surface area contributed by atoms with Crippen LogP contribution < -0.4 is 0 Å². The lowest BCUT2D eigenvalue weighted by molar-refractivity contribution is -0.200. The minimum absolute atomic E-state index is 0. The van der Waals surface area contributed by atoms with Crippen LogP contribution in [0.5, 0.6) is 0 Å². The molecule has 1 saturated heterocycles. The van der Waals surface area contributed by atoms with Gasteiger partial charge in [-0.05, 0) is 32.9 Å². The van der Waals surface area contributed by atoms with Gasteiger partial charge in [-0.25, -0.2) is 0 Å². The molecule has 1 heterocycles. The van der Waals surface area contributed by atoms with Crippen LogP contribution in [0.2, 0.25) is 0 Å². The number of hydrogen-bond donors (Lipinski definition) is 0. The fourth-order valence-electron chi connectivity index (χ4n) is 2.59. The van der Waals surface area contributed by atoms with Crippen molar-refractivity contribution in [2.45, 2.75) is 72.8 Å². The average Bonchev–Trinajstić information content (AvgIpc) is 2.17. The summed E-state index contributed by atoms with van der Waals surface area (Å²) in [5, 5.41) is 0. The molecule has 4 nitrogen and oxygen atoms in total. The standard InChI is InChI=1S/C14H27NO3.CH4/c1-9-8-11(15(6)7)12(18-10(2)16)13(17-9)14(3,4)5;/h9,11-13H,8H2,1-7H3;1H4/t9-,11+,12-,13-;/m1./s1. The summed E-state index contributed by atoms with van der Waals surface area (Å²) in [5.41, 5.74) is -0.0525. The first-order valence-corrected chi connectivity index (χ1v) is 6.62. The highest BCUT2D eigenvalue weighted by Crippen LogP contribution is 2.35. The molecule has 0 radical (unpaired) electrons. The largest absolute Gasteiger partial charge is 0.458 e. The van der Waals surface area contributed by atoms with Gasteiger partial charge in [0.25, 0.3) is 0 Å². The maximum Gasteiger partial charge on any atom is 0.303 e. The molecule has 1 rings (SSSR count). The van der Waals surface area contributed by atoms with Crippen molar-refractivity contribution in [3.63, 3.8) is 0 Å². The van der Waals surface area contributed by atoms with E-state index in [0.717, 1.165) is 6.42 Å². The number of rotatable bonds is 2. The van der Waals surface area contributed by atoms with E-state index in [1.54, 1.807) is 0 Å². The van der Waals surface area contributed by atoms with Gasteiger partial charge in [-0.15, -0.1) is 0 Å². The summed E-state index contributed by atoms with van der Waals surface area (Å²) in [6.45, 7) is 9.92. The second-order valence-electron chi connectivity index (χ2n) is 6.57. The number of hydrogen-bond acceptors (Lipinski definition) is 4. The molecule has 0 N–H and O–H groups in total. The van der Waals surface area contributed by atoms with Gasteiger partial charge in [-0.3, -0.25) is 4.79 Å². The van der Waals surface area contributed by atoms with Crippen molar-refractivity contribution >= 4 is 5.97 Å². The second kappa shape index (κ2) is 6.71. The number of carbonyl (C=O) groups is 1. The Morgan fingerprint density at radius 3 is 2.21 bits per heavy atom. The molecular formula is C15H31NO3. The van der Waals surface area contributed by atoms with Crippen LogP contribution in [0.3, 0.4) is 0 Å². The van der Waals surface area contributed by atoms with Gasteiger partial charge in [-0.1, -0.05) is 28.2 Å². The summed E-state index contributed by atoms with van der Waals surface area (Å²) >= 11 is 0. The van der Waals surface area contributed by atoms with Crippen molar-refractivity contribution in [1.82, 2.24) is 4.90 Å². The zero-order chi connectivity index (χ0) is 14.1. The second-order valence-corrected chi connectivity index (χ2v) is 6.57. The fraction of sp³-hybridized carbons (Fsp3) is 0.933. The molecule has 19 heavy (non-hydrogen) atoms. The molecule has 0 aromatic carbocycles. The van der Waals surface area contributed by atoms with Gasteiger partial charge in [-0.2, -0.15) is 0 Å². The van der Waals surface area contributed by atoms with E-state index in [-0.39, 0.29) is 43.2 Å². The molecule has 1 fully saturated rings. The van der Waals surface area contributed by atoms with E-state index in [4.69, 9.17) is 9.47 Å².